The van der Waals surface area contributed by atoms with Gasteiger partial charge in [-0.25, -0.2) is 9.78 Å². The molecule has 1 aromatic heterocycles. The fourth-order valence-corrected chi connectivity index (χ4v) is 6.95. The highest BCUT2D eigenvalue weighted by molar-refractivity contribution is 8.01. The molecule has 3 aliphatic rings. The number of anilines is 2. The maximum atomic E-state index is 13.6. The summed E-state index contributed by atoms with van der Waals surface area (Å²) in [5.74, 6) is 1.24. The van der Waals surface area contributed by atoms with Gasteiger partial charge in [-0.15, -0.1) is 0 Å². The van der Waals surface area contributed by atoms with Crippen molar-refractivity contribution in [2.45, 2.75) is 67.9 Å². The van der Waals surface area contributed by atoms with Gasteiger partial charge in [0.1, 0.15) is 21.8 Å². The van der Waals surface area contributed by atoms with Crippen LogP contribution in [0.5, 0.6) is 11.5 Å². The molecule has 9 nitrogen and oxygen atoms in total. The topological polar surface area (TPSA) is 113 Å². The minimum atomic E-state index is -0.555. The van der Waals surface area contributed by atoms with E-state index in [-0.39, 0.29) is 29.9 Å². The Kier molecular flexibility index (Phi) is 7.10. The molecule has 2 unspecified atom stereocenters. The summed E-state index contributed by atoms with van der Waals surface area (Å²) < 4.78 is 5.97. The van der Waals surface area contributed by atoms with Crippen LogP contribution in [0.25, 0.3) is 0 Å². The number of nitrogens with zero attached hydrogens (tertiary/aromatic N) is 2. The second-order valence-corrected chi connectivity index (χ2v) is 11.4. The number of benzene rings is 2. The van der Waals surface area contributed by atoms with Crippen LogP contribution in [-0.4, -0.2) is 40.2 Å². The number of amides is 4. The largest absolute Gasteiger partial charge is 0.457 e. The highest BCUT2D eigenvalue weighted by Crippen LogP contribution is 2.51. The van der Waals surface area contributed by atoms with Gasteiger partial charge in [0.25, 0.3) is 0 Å². The first-order chi connectivity index (χ1) is 19.4. The highest BCUT2D eigenvalue weighted by atomic mass is 32.2. The zero-order valence-corrected chi connectivity index (χ0v) is 23.2. The molecule has 0 saturated heterocycles. The van der Waals surface area contributed by atoms with Crippen LogP contribution in [0.3, 0.4) is 0 Å². The molecule has 2 aliphatic heterocycles. The van der Waals surface area contributed by atoms with E-state index < -0.39 is 11.3 Å². The second kappa shape index (κ2) is 10.8. The van der Waals surface area contributed by atoms with Crippen molar-refractivity contribution in [3.63, 3.8) is 0 Å². The van der Waals surface area contributed by atoms with E-state index in [1.807, 2.05) is 68.4 Å². The number of rotatable bonds is 7. The normalized spacial score (nSPS) is 22.9. The fourth-order valence-electron chi connectivity index (χ4n) is 5.71. The predicted octanol–water partition coefficient (Wildman–Crippen LogP) is 5.12. The van der Waals surface area contributed by atoms with Gasteiger partial charge < -0.3 is 20.7 Å². The van der Waals surface area contributed by atoms with E-state index in [4.69, 9.17) is 4.74 Å². The Labute approximate surface area is 237 Å². The maximum Gasteiger partial charge on any atom is 0.327 e. The monoisotopic (exact) mass is 557 g/mol. The predicted molar refractivity (Wildman–Crippen MR) is 153 cm³/mol. The molecule has 4 atom stereocenters. The lowest BCUT2D eigenvalue weighted by atomic mass is 9.99. The number of nitrogens with one attached hydrogen (secondary N) is 3. The van der Waals surface area contributed by atoms with Crippen LogP contribution in [0.15, 0.2) is 65.8 Å². The molecule has 1 saturated carbocycles. The van der Waals surface area contributed by atoms with Gasteiger partial charge in [-0.3, -0.25) is 14.5 Å². The average molecular weight is 558 g/mol. The summed E-state index contributed by atoms with van der Waals surface area (Å²) >= 11 is 1.37. The SMILES string of the molecule is CCC(=O)N[C@@H]1CCC[C@H]1NC(=O)C1Sc2nccc3c2C1NC(=O)N3c1ccc(Oc2ccccc2)cc1C. The molecule has 206 valence electrons. The molecule has 0 radical (unpaired) electrons. The molecule has 10 heteroatoms. The Morgan fingerprint density at radius 2 is 1.82 bits per heavy atom. The molecule has 3 N–H and O–H groups in total. The van der Waals surface area contributed by atoms with Gasteiger partial charge in [0.05, 0.1) is 17.4 Å². The Hall–Kier alpha value is -4.05. The van der Waals surface area contributed by atoms with Crippen LogP contribution in [0.4, 0.5) is 16.2 Å². The molecule has 3 aromatic rings. The third-order valence-corrected chi connectivity index (χ3v) is 8.95. The van der Waals surface area contributed by atoms with Crippen LogP contribution in [0, 0.1) is 6.92 Å². The Morgan fingerprint density at radius 1 is 1.05 bits per heavy atom. The van der Waals surface area contributed by atoms with E-state index in [9.17, 15) is 14.4 Å². The standard InChI is InChI=1S/C30H31N5O4S/c1-3-24(36)32-20-10-7-11-21(20)33-28(37)27-26-25-23(14-15-31-29(25)40-27)35(30(38)34-26)22-13-12-19(16-17(22)2)39-18-8-5-4-6-9-18/h4-6,8-9,12-16,20-21,26-27H,3,7,10-11H2,1-2H3,(H,32,36)(H,33,37)(H,34,38)/t20-,21-,26?,27?/m1/s1. The summed E-state index contributed by atoms with van der Waals surface area (Å²) in [6.45, 7) is 3.76. The Morgan fingerprint density at radius 3 is 2.58 bits per heavy atom. The van der Waals surface area contributed by atoms with E-state index in [2.05, 4.69) is 20.9 Å². The van der Waals surface area contributed by atoms with Crippen molar-refractivity contribution in [1.29, 1.82) is 0 Å². The first kappa shape index (κ1) is 26.2. The van der Waals surface area contributed by atoms with Crippen LogP contribution >= 0.6 is 11.8 Å². The van der Waals surface area contributed by atoms with Gasteiger partial charge >= 0.3 is 6.03 Å². The molecule has 2 aromatic carbocycles. The summed E-state index contributed by atoms with van der Waals surface area (Å²) in [4.78, 5) is 45.2. The van der Waals surface area contributed by atoms with Gasteiger partial charge in [0.15, 0.2) is 0 Å². The van der Waals surface area contributed by atoms with Crippen LogP contribution in [-0.2, 0) is 9.59 Å². The van der Waals surface area contributed by atoms with E-state index >= 15 is 0 Å². The van der Waals surface area contributed by atoms with E-state index in [0.717, 1.165) is 52.5 Å². The smallest absolute Gasteiger partial charge is 0.327 e. The van der Waals surface area contributed by atoms with Crippen molar-refractivity contribution in [2.75, 3.05) is 4.90 Å². The van der Waals surface area contributed by atoms with Crippen molar-refractivity contribution in [3.05, 3.63) is 71.9 Å². The lowest BCUT2D eigenvalue weighted by Gasteiger charge is -2.35. The summed E-state index contributed by atoms with van der Waals surface area (Å²) in [6.07, 6.45) is 4.67. The van der Waals surface area contributed by atoms with Crippen LogP contribution in [0.2, 0.25) is 0 Å². The lowest BCUT2D eigenvalue weighted by Crippen LogP contribution is -2.53. The number of hydrogen-bond donors (Lipinski definition) is 3. The number of carbonyl (C=O) groups excluding carboxylic acids is 3. The number of urea groups is 1. The third kappa shape index (κ3) is 4.88. The molecule has 1 aliphatic carbocycles. The van der Waals surface area contributed by atoms with Crippen molar-refractivity contribution >= 4 is 41.0 Å². The highest BCUT2D eigenvalue weighted by Gasteiger charge is 2.47. The zero-order chi connectivity index (χ0) is 27.8. The van der Waals surface area contributed by atoms with Gasteiger partial charge in [0.2, 0.25) is 11.8 Å². The minimum Gasteiger partial charge on any atom is -0.457 e. The van der Waals surface area contributed by atoms with E-state index in [1.54, 1.807) is 11.1 Å². The molecular formula is C30H31N5O4S. The van der Waals surface area contributed by atoms with Crippen molar-refractivity contribution in [1.82, 2.24) is 20.9 Å². The Bertz CT molecular complexity index is 1470. The number of aryl methyl sites for hydroxylation is 1. The van der Waals surface area contributed by atoms with Gasteiger partial charge in [-0.05, 0) is 68.1 Å². The first-order valence-corrected chi connectivity index (χ1v) is 14.5. The van der Waals surface area contributed by atoms with E-state index in [0.29, 0.717) is 12.2 Å². The van der Waals surface area contributed by atoms with Crippen molar-refractivity contribution in [3.8, 4) is 11.5 Å². The van der Waals surface area contributed by atoms with Crippen LogP contribution < -0.4 is 25.6 Å². The molecule has 0 bridgehead atoms. The molecule has 1 fully saturated rings. The molecule has 0 spiro atoms. The fraction of sp³-hybridized carbons (Fsp3) is 0.333. The van der Waals surface area contributed by atoms with Crippen molar-refractivity contribution < 1.29 is 19.1 Å². The second-order valence-electron chi connectivity index (χ2n) is 10.3. The number of pyridine rings is 1. The quantitative estimate of drug-likeness (QED) is 0.372. The first-order valence-electron chi connectivity index (χ1n) is 13.6. The number of para-hydroxylation sites is 1. The molecule has 4 amide bonds. The molecule has 6 rings (SSSR count). The average Bonchev–Trinajstić information content (AvgIpc) is 3.55. The Balaban J connectivity index is 1.23. The van der Waals surface area contributed by atoms with Gasteiger partial charge in [-0.1, -0.05) is 36.9 Å². The van der Waals surface area contributed by atoms with Crippen molar-refractivity contribution in [2.24, 2.45) is 0 Å². The number of hydrogen-bond acceptors (Lipinski definition) is 6. The number of aromatic nitrogens is 1. The minimum absolute atomic E-state index is 0.0165. The summed E-state index contributed by atoms with van der Waals surface area (Å²) in [7, 11) is 0. The number of ether oxygens (including phenoxy) is 1. The number of thioether (sulfide) groups is 1. The molecule has 3 heterocycles. The third-order valence-electron chi connectivity index (χ3n) is 7.66. The summed E-state index contributed by atoms with van der Waals surface area (Å²) in [5.41, 5.74) is 3.16. The zero-order valence-electron chi connectivity index (χ0n) is 22.3. The summed E-state index contributed by atoms with van der Waals surface area (Å²) in [5, 5.41) is 9.44. The molecule has 40 heavy (non-hydrogen) atoms. The number of carbonyl (C=O) groups is 3. The van der Waals surface area contributed by atoms with Crippen LogP contribution in [0.1, 0.15) is 49.8 Å². The summed E-state index contributed by atoms with van der Waals surface area (Å²) in [6, 6.07) is 16.0. The van der Waals surface area contributed by atoms with E-state index in [1.165, 1.54) is 11.8 Å². The van der Waals surface area contributed by atoms with Gasteiger partial charge in [0, 0.05) is 30.3 Å². The lowest BCUT2D eigenvalue weighted by molar-refractivity contribution is -0.124. The van der Waals surface area contributed by atoms with Gasteiger partial charge in [-0.2, -0.15) is 0 Å². The maximum absolute atomic E-state index is 13.6. The molecular weight excluding hydrogens is 526 g/mol.